The van der Waals surface area contributed by atoms with Gasteiger partial charge in [-0.3, -0.25) is 0 Å². The van der Waals surface area contributed by atoms with E-state index < -0.39 is 6.10 Å². The van der Waals surface area contributed by atoms with Crippen LogP contribution in [0.25, 0.3) is 0 Å². The van der Waals surface area contributed by atoms with E-state index in [1.54, 1.807) is 6.92 Å². The van der Waals surface area contributed by atoms with Crippen LogP contribution in [0.1, 0.15) is 34.1 Å². The fraction of sp³-hybridized carbons (Fsp3) is 0.750. The molecule has 0 bridgehead atoms. The van der Waals surface area contributed by atoms with Crippen LogP contribution in [0, 0.1) is 0 Å². The number of thioether (sulfide) groups is 1. The molecule has 1 heterocycles. The van der Waals surface area contributed by atoms with Gasteiger partial charge in [0, 0.05) is 11.8 Å². The van der Waals surface area contributed by atoms with Crippen LogP contribution < -0.4 is 10.1 Å². The van der Waals surface area contributed by atoms with Crippen molar-refractivity contribution in [3.05, 3.63) is 0 Å². The first-order valence-electron chi connectivity index (χ1n) is 6.54. The van der Waals surface area contributed by atoms with Gasteiger partial charge in [0.2, 0.25) is 5.95 Å². The third-order valence-electron chi connectivity index (χ3n) is 2.37. The van der Waals surface area contributed by atoms with E-state index in [4.69, 9.17) is 4.74 Å². The van der Waals surface area contributed by atoms with Crippen LogP contribution in [-0.2, 0) is 0 Å². The Morgan fingerprint density at radius 1 is 1.26 bits per heavy atom. The molecule has 0 aromatic carbocycles. The summed E-state index contributed by atoms with van der Waals surface area (Å²) in [4.78, 5) is 12.7. The molecule has 0 fully saturated rings. The summed E-state index contributed by atoms with van der Waals surface area (Å²) in [5.41, 5.74) is 0. The molecule has 1 aromatic rings. The fourth-order valence-electron chi connectivity index (χ4n) is 1.16. The highest BCUT2D eigenvalue weighted by atomic mass is 32.2. The van der Waals surface area contributed by atoms with Gasteiger partial charge in [-0.25, -0.2) is 0 Å². The molecule has 108 valence electrons. The van der Waals surface area contributed by atoms with Crippen LogP contribution in [0.15, 0.2) is 5.16 Å². The summed E-state index contributed by atoms with van der Waals surface area (Å²) in [5.74, 6) is 0.514. The van der Waals surface area contributed by atoms with Gasteiger partial charge < -0.3 is 15.2 Å². The number of aromatic nitrogens is 3. The molecule has 0 aliphatic rings. The quantitative estimate of drug-likeness (QED) is 0.707. The molecule has 7 heteroatoms. The van der Waals surface area contributed by atoms with Gasteiger partial charge in [-0.15, -0.1) is 0 Å². The molecule has 0 radical (unpaired) electrons. The van der Waals surface area contributed by atoms with Gasteiger partial charge >= 0.3 is 6.01 Å². The molecule has 2 atom stereocenters. The van der Waals surface area contributed by atoms with E-state index in [-0.39, 0.29) is 5.25 Å². The number of aliphatic hydroxyl groups excluding tert-OH is 1. The van der Waals surface area contributed by atoms with Crippen molar-refractivity contribution in [1.82, 2.24) is 15.0 Å². The maximum Gasteiger partial charge on any atom is 0.322 e. The van der Waals surface area contributed by atoms with Crippen molar-refractivity contribution >= 4 is 17.7 Å². The summed E-state index contributed by atoms with van der Waals surface area (Å²) in [6.07, 6.45) is 0.562. The van der Waals surface area contributed by atoms with E-state index in [0.29, 0.717) is 23.7 Å². The lowest BCUT2D eigenvalue weighted by molar-refractivity contribution is 0.196. The third-order valence-corrected chi connectivity index (χ3v) is 3.53. The molecule has 2 N–H and O–H groups in total. The first kappa shape index (κ1) is 16.0. The predicted octanol–water partition coefficient (Wildman–Crippen LogP) is 1.95. The number of hydrogen-bond donors (Lipinski definition) is 2. The van der Waals surface area contributed by atoms with Crippen LogP contribution in [0.2, 0.25) is 0 Å². The largest absolute Gasteiger partial charge is 0.464 e. The minimum atomic E-state index is -0.427. The molecular weight excluding hydrogens is 264 g/mol. The monoisotopic (exact) mass is 286 g/mol. The van der Waals surface area contributed by atoms with Crippen LogP contribution in [0.5, 0.6) is 6.01 Å². The molecule has 0 saturated carbocycles. The number of nitrogens with zero attached hydrogens (tertiary/aromatic N) is 3. The lowest BCUT2D eigenvalue weighted by Gasteiger charge is -2.14. The van der Waals surface area contributed by atoms with Gasteiger partial charge in [-0.2, -0.15) is 15.0 Å². The number of hydrogen-bond acceptors (Lipinski definition) is 7. The summed E-state index contributed by atoms with van der Waals surface area (Å²) in [7, 11) is 0. The molecule has 0 amide bonds. The van der Waals surface area contributed by atoms with Crippen LogP contribution in [0.3, 0.4) is 0 Å². The average molecular weight is 286 g/mol. The summed E-state index contributed by atoms with van der Waals surface area (Å²) in [5, 5.41) is 13.2. The molecular formula is C12H22N4O2S. The molecule has 0 aliphatic carbocycles. The van der Waals surface area contributed by atoms with Gasteiger partial charge in [0.1, 0.15) is 0 Å². The molecule has 1 rings (SSSR count). The number of ether oxygens (including phenoxy) is 1. The van der Waals surface area contributed by atoms with Crippen molar-refractivity contribution in [2.75, 3.05) is 18.5 Å². The number of anilines is 1. The van der Waals surface area contributed by atoms with E-state index in [1.807, 2.05) is 13.8 Å². The summed E-state index contributed by atoms with van der Waals surface area (Å²) in [6, 6.07) is 0.316. The molecule has 0 saturated heterocycles. The lowest BCUT2D eigenvalue weighted by Crippen LogP contribution is -2.16. The van der Waals surface area contributed by atoms with E-state index in [9.17, 15) is 5.11 Å². The predicted molar refractivity (Wildman–Crippen MR) is 76.8 cm³/mol. The third kappa shape index (κ3) is 5.61. The second-order valence-electron chi connectivity index (χ2n) is 4.15. The van der Waals surface area contributed by atoms with Gasteiger partial charge in [0.05, 0.1) is 12.7 Å². The summed E-state index contributed by atoms with van der Waals surface area (Å²) >= 11 is 1.41. The molecule has 2 unspecified atom stereocenters. The number of nitrogens with one attached hydrogen (secondary N) is 1. The van der Waals surface area contributed by atoms with Crippen LogP contribution >= 0.6 is 11.8 Å². The minimum Gasteiger partial charge on any atom is -0.464 e. The standard InChI is InChI=1S/C12H22N4O2S/c1-5-7-13-10-14-11(18-6-2)16-12(15-10)19-9(4)8(3)17/h8-9,17H,5-7H2,1-4H3,(H,13,14,15,16). The summed E-state index contributed by atoms with van der Waals surface area (Å²) < 4.78 is 5.33. The van der Waals surface area contributed by atoms with Gasteiger partial charge in [0.15, 0.2) is 5.16 Å². The Hall–Kier alpha value is -1.08. The number of rotatable bonds is 8. The van der Waals surface area contributed by atoms with Gasteiger partial charge in [-0.1, -0.05) is 25.6 Å². The van der Waals surface area contributed by atoms with Crippen molar-refractivity contribution < 1.29 is 9.84 Å². The Labute approximate surface area is 118 Å². The number of aliphatic hydroxyl groups is 1. The molecule has 19 heavy (non-hydrogen) atoms. The average Bonchev–Trinajstić information content (AvgIpc) is 2.36. The van der Waals surface area contributed by atoms with Crippen molar-refractivity contribution in [1.29, 1.82) is 0 Å². The summed E-state index contributed by atoms with van der Waals surface area (Å²) in [6.45, 7) is 8.94. The van der Waals surface area contributed by atoms with Gasteiger partial charge in [-0.05, 0) is 20.3 Å². The van der Waals surface area contributed by atoms with Crippen LogP contribution in [0.4, 0.5) is 5.95 Å². The second kappa shape index (κ2) is 8.16. The van der Waals surface area contributed by atoms with Gasteiger partial charge in [0.25, 0.3) is 0 Å². The maximum absolute atomic E-state index is 9.53. The SMILES string of the molecule is CCCNc1nc(OCC)nc(SC(C)C(C)O)n1. The maximum atomic E-state index is 9.53. The molecule has 1 aromatic heterocycles. The first-order valence-corrected chi connectivity index (χ1v) is 7.42. The van der Waals surface area contributed by atoms with E-state index in [1.165, 1.54) is 11.8 Å². The molecule has 6 nitrogen and oxygen atoms in total. The van der Waals surface area contributed by atoms with E-state index in [2.05, 4.69) is 27.2 Å². The highest BCUT2D eigenvalue weighted by Gasteiger charge is 2.15. The Balaban J connectivity index is 2.85. The Kier molecular flexibility index (Phi) is 6.86. The zero-order valence-corrected chi connectivity index (χ0v) is 12.7. The first-order chi connectivity index (χ1) is 9.06. The normalized spacial score (nSPS) is 13.9. The van der Waals surface area contributed by atoms with E-state index in [0.717, 1.165) is 13.0 Å². The zero-order valence-electron chi connectivity index (χ0n) is 11.9. The lowest BCUT2D eigenvalue weighted by atomic mass is 10.3. The topological polar surface area (TPSA) is 80.2 Å². The van der Waals surface area contributed by atoms with E-state index >= 15 is 0 Å². The molecule has 0 spiro atoms. The fourth-order valence-corrected chi connectivity index (χ4v) is 1.96. The highest BCUT2D eigenvalue weighted by molar-refractivity contribution is 7.99. The highest BCUT2D eigenvalue weighted by Crippen LogP contribution is 2.24. The van der Waals surface area contributed by atoms with Crippen molar-refractivity contribution in [3.63, 3.8) is 0 Å². The Morgan fingerprint density at radius 3 is 2.58 bits per heavy atom. The minimum absolute atomic E-state index is 0.0101. The van der Waals surface area contributed by atoms with Crippen molar-refractivity contribution in [2.45, 2.75) is 50.6 Å². The smallest absolute Gasteiger partial charge is 0.322 e. The van der Waals surface area contributed by atoms with Crippen LogP contribution in [-0.4, -0.2) is 44.6 Å². The van der Waals surface area contributed by atoms with Crippen molar-refractivity contribution in [2.24, 2.45) is 0 Å². The zero-order chi connectivity index (χ0) is 14.3. The Bertz CT molecular complexity index is 390. The Morgan fingerprint density at radius 2 is 2.00 bits per heavy atom. The second-order valence-corrected chi connectivity index (χ2v) is 5.49. The van der Waals surface area contributed by atoms with Crippen molar-refractivity contribution in [3.8, 4) is 6.01 Å². The molecule has 0 aliphatic heterocycles.